The van der Waals surface area contributed by atoms with E-state index in [1.165, 1.54) is 18.2 Å². The predicted octanol–water partition coefficient (Wildman–Crippen LogP) is 3.97. The normalized spacial score (nSPS) is 16.1. The summed E-state index contributed by atoms with van der Waals surface area (Å²) in [7, 11) is -3.87. The summed E-state index contributed by atoms with van der Waals surface area (Å²) in [5.41, 5.74) is 1.35. The van der Waals surface area contributed by atoms with Gasteiger partial charge in [-0.2, -0.15) is 0 Å². The number of anilines is 1. The Morgan fingerprint density at radius 3 is 2.69 bits per heavy atom. The summed E-state index contributed by atoms with van der Waals surface area (Å²) in [5.74, 6) is -0.435. The summed E-state index contributed by atoms with van der Waals surface area (Å²) < 4.78 is 28.0. The molecule has 0 radical (unpaired) electrons. The van der Waals surface area contributed by atoms with Crippen LogP contribution < -0.4 is 10.0 Å². The lowest BCUT2D eigenvalue weighted by Crippen LogP contribution is -2.46. The molecule has 0 unspecified atom stereocenters. The van der Waals surface area contributed by atoms with E-state index in [2.05, 4.69) is 10.0 Å². The molecule has 2 aromatic rings. The fraction of sp³-hybridized carbons (Fsp3) is 0.391. The second-order valence-corrected chi connectivity index (χ2v) is 9.99. The number of amides is 2. The van der Waals surface area contributed by atoms with E-state index in [-0.39, 0.29) is 22.4 Å². The molecule has 1 atom stereocenters. The quantitative estimate of drug-likeness (QED) is 0.562. The van der Waals surface area contributed by atoms with E-state index in [1.807, 2.05) is 6.92 Å². The summed E-state index contributed by atoms with van der Waals surface area (Å²) in [6.07, 6.45) is 3.23. The molecule has 2 amide bonds. The van der Waals surface area contributed by atoms with Gasteiger partial charge in [0, 0.05) is 29.4 Å². The van der Waals surface area contributed by atoms with Crippen molar-refractivity contribution in [2.24, 2.45) is 0 Å². The highest BCUT2D eigenvalue weighted by atomic mass is 35.5. The summed E-state index contributed by atoms with van der Waals surface area (Å²) in [6, 6.07) is 10.3. The molecule has 1 saturated heterocycles. The summed E-state index contributed by atoms with van der Waals surface area (Å²) in [4.78, 5) is 27.2. The van der Waals surface area contributed by atoms with Crippen molar-refractivity contribution in [1.29, 1.82) is 0 Å². The predicted molar refractivity (Wildman–Crippen MR) is 125 cm³/mol. The van der Waals surface area contributed by atoms with Gasteiger partial charge in [0.1, 0.15) is 6.04 Å². The molecular weight excluding hydrogens is 450 g/mol. The number of carbonyl (C=O) groups is 2. The molecule has 2 N–H and O–H groups in total. The summed E-state index contributed by atoms with van der Waals surface area (Å²) >= 11 is 6.07. The van der Waals surface area contributed by atoms with Crippen LogP contribution in [0.1, 0.15) is 48.5 Å². The second kappa shape index (κ2) is 10.4. The Morgan fingerprint density at radius 1 is 1.19 bits per heavy atom. The molecule has 0 aromatic heterocycles. The van der Waals surface area contributed by atoms with Gasteiger partial charge in [0.05, 0.1) is 4.90 Å². The molecule has 3 rings (SSSR count). The largest absolute Gasteiger partial charge is 0.354 e. The molecule has 0 saturated carbocycles. The maximum Gasteiger partial charge on any atom is 0.261 e. The Labute approximate surface area is 194 Å². The van der Waals surface area contributed by atoms with Gasteiger partial charge in [0.25, 0.3) is 15.9 Å². The van der Waals surface area contributed by atoms with Crippen LogP contribution in [-0.2, 0) is 14.8 Å². The van der Waals surface area contributed by atoms with E-state index in [0.717, 1.165) is 24.8 Å². The van der Waals surface area contributed by atoms with Crippen molar-refractivity contribution in [3.63, 3.8) is 0 Å². The standard InChI is InChI=1S/C23H28ClN3O4S/c1-3-4-12-25-22(28)21-9-6-13-27(21)23(29)17-7-5-8-18(14-17)26-32(30,31)19-11-10-16(2)20(24)15-19/h5,7-8,10-11,14-15,21,26H,3-4,6,9,12-13H2,1-2H3,(H,25,28)/t21-/m0/s1. The van der Waals surface area contributed by atoms with E-state index in [1.54, 1.807) is 36.1 Å². The van der Waals surface area contributed by atoms with Gasteiger partial charge in [-0.05, 0) is 62.1 Å². The molecule has 7 nitrogen and oxygen atoms in total. The minimum Gasteiger partial charge on any atom is -0.354 e. The Kier molecular flexibility index (Phi) is 7.79. The topological polar surface area (TPSA) is 95.6 Å². The Hall–Kier alpha value is -2.58. The van der Waals surface area contributed by atoms with Crippen molar-refractivity contribution in [2.75, 3.05) is 17.8 Å². The zero-order chi connectivity index (χ0) is 23.3. The molecule has 0 aliphatic carbocycles. The average Bonchev–Trinajstić information content (AvgIpc) is 3.25. The van der Waals surface area contributed by atoms with Gasteiger partial charge in [-0.25, -0.2) is 8.42 Å². The minimum absolute atomic E-state index is 0.0354. The highest BCUT2D eigenvalue weighted by molar-refractivity contribution is 7.92. The first-order valence-electron chi connectivity index (χ1n) is 10.7. The first-order chi connectivity index (χ1) is 15.2. The minimum atomic E-state index is -3.87. The molecule has 9 heteroatoms. The summed E-state index contributed by atoms with van der Waals surface area (Å²) in [6.45, 7) is 4.92. The maximum absolute atomic E-state index is 13.1. The lowest BCUT2D eigenvalue weighted by atomic mass is 10.1. The summed E-state index contributed by atoms with van der Waals surface area (Å²) in [5, 5.41) is 3.25. The number of unbranched alkanes of at least 4 members (excludes halogenated alkanes) is 1. The molecule has 1 heterocycles. The highest BCUT2D eigenvalue weighted by Crippen LogP contribution is 2.24. The van der Waals surface area contributed by atoms with E-state index < -0.39 is 16.1 Å². The molecule has 32 heavy (non-hydrogen) atoms. The smallest absolute Gasteiger partial charge is 0.261 e. The van der Waals surface area contributed by atoms with Gasteiger partial charge >= 0.3 is 0 Å². The van der Waals surface area contributed by atoms with Gasteiger partial charge < -0.3 is 10.2 Å². The molecule has 1 aliphatic heterocycles. The van der Waals surface area contributed by atoms with Crippen molar-refractivity contribution < 1.29 is 18.0 Å². The van der Waals surface area contributed by atoms with E-state index >= 15 is 0 Å². The third-order valence-electron chi connectivity index (χ3n) is 5.46. The number of hydrogen-bond donors (Lipinski definition) is 2. The van der Waals surface area contributed by atoms with Crippen LogP contribution in [0.5, 0.6) is 0 Å². The third kappa shape index (κ3) is 5.61. The average molecular weight is 478 g/mol. The zero-order valence-corrected chi connectivity index (χ0v) is 19.8. The molecular formula is C23H28ClN3O4S. The highest BCUT2D eigenvalue weighted by Gasteiger charge is 2.34. The van der Waals surface area contributed by atoms with Crippen LogP contribution in [0, 0.1) is 6.92 Å². The van der Waals surface area contributed by atoms with Crippen molar-refractivity contribution in [3.05, 3.63) is 58.6 Å². The Bertz CT molecular complexity index is 1100. The monoisotopic (exact) mass is 477 g/mol. The van der Waals surface area contributed by atoms with E-state index in [4.69, 9.17) is 11.6 Å². The molecule has 2 aromatic carbocycles. The Balaban J connectivity index is 1.75. The van der Waals surface area contributed by atoms with E-state index in [9.17, 15) is 18.0 Å². The number of nitrogens with zero attached hydrogens (tertiary/aromatic N) is 1. The van der Waals surface area contributed by atoms with Crippen LogP contribution in [-0.4, -0.2) is 44.3 Å². The number of benzene rings is 2. The molecule has 0 spiro atoms. The van der Waals surface area contributed by atoms with Gasteiger partial charge in [0.2, 0.25) is 5.91 Å². The van der Waals surface area contributed by atoms with Crippen LogP contribution in [0.2, 0.25) is 5.02 Å². The van der Waals surface area contributed by atoms with Crippen molar-refractivity contribution >= 4 is 39.1 Å². The van der Waals surface area contributed by atoms with Gasteiger partial charge in [-0.15, -0.1) is 0 Å². The van der Waals surface area contributed by atoms with E-state index in [0.29, 0.717) is 30.1 Å². The van der Waals surface area contributed by atoms with Crippen LogP contribution in [0.4, 0.5) is 5.69 Å². The number of aryl methyl sites for hydroxylation is 1. The number of carbonyl (C=O) groups excluding carboxylic acids is 2. The van der Waals surface area contributed by atoms with Gasteiger partial charge in [0.15, 0.2) is 0 Å². The Morgan fingerprint density at radius 2 is 1.97 bits per heavy atom. The first-order valence-corrected chi connectivity index (χ1v) is 12.6. The molecule has 1 fully saturated rings. The number of halogens is 1. The number of nitrogens with one attached hydrogen (secondary N) is 2. The van der Waals surface area contributed by atoms with Gasteiger partial charge in [-0.3, -0.25) is 14.3 Å². The fourth-order valence-electron chi connectivity index (χ4n) is 3.62. The molecule has 0 bridgehead atoms. The molecule has 1 aliphatic rings. The van der Waals surface area contributed by atoms with Crippen LogP contribution >= 0.6 is 11.6 Å². The third-order valence-corrected chi connectivity index (χ3v) is 7.25. The fourth-order valence-corrected chi connectivity index (χ4v) is 4.95. The van der Waals surface area contributed by atoms with Crippen molar-refractivity contribution in [1.82, 2.24) is 10.2 Å². The number of likely N-dealkylation sites (tertiary alicyclic amines) is 1. The van der Waals surface area contributed by atoms with Gasteiger partial charge in [-0.1, -0.05) is 37.1 Å². The maximum atomic E-state index is 13.1. The SMILES string of the molecule is CCCCNC(=O)[C@@H]1CCCN1C(=O)c1cccc(NS(=O)(=O)c2ccc(C)c(Cl)c2)c1. The number of sulfonamides is 1. The lowest BCUT2D eigenvalue weighted by molar-refractivity contribution is -0.124. The zero-order valence-electron chi connectivity index (χ0n) is 18.2. The first kappa shape index (κ1) is 24.1. The molecule has 172 valence electrons. The van der Waals surface area contributed by atoms with Crippen molar-refractivity contribution in [2.45, 2.75) is 50.5 Å². The van der Waals surface area contributed by atoms with Crippen LogP contribution in [0.3, 0.4) is 0 Å². The van der Waals surface area contributed by atoms with Crippen LogP contribution in [0.15, 0.2) is 47.4 Å². The van der Waals surface area contributed by atoms with Crippen molar-refractivity contribution in [3.8, 4) is 0 Å². The van der Waals surface area contributed by atoms with Crippen LogP contribution in [0.25, 0.3) is 0 Å². The second-order valence-electron chi connectivity index (χ2n) is 7.90. The number of hydrogen-bond acceptors (Lipinski definition) is 4. The lowest BCUT2D eigenvalue weighted by Gasteiger charge is -2.24. The number of rotatable bonds is 8.